The number of imidazole rings is 1. The van der Waals surface area contributed by atoms with E-state index in [1.165, 1.54) is 38.1 Å². The van der Waals surface area contributed by atoms with Gasteiger partial charge in [0.05, 0.1) is 6.54 Å². The fourth-order valence-corrected chi connectivity index (χ4v) is 3.31. The predicted octanol–water partition coefficient (Wildman–Crippen LogP) is 3.78. The van der Waals surface area contributed by atoms with Crippen LogP contribution in [0.2, 0.25) is 0 Å². The molecule has 1 aliphatic carbocycles. The van der Waals surface area contributed by atoms with Crippen LogP contribution in [0.15, 0.2) is 17.4 Å². The molecule has 1 aromatic rings. The molecule has 138 valence electrons. The number of alkyl halides is 2. The van der Waals surface area contributed by atoms with Gasteiger partial charge in [0, 0.05) is 26.0 Å². The molecular weight excluding hydrogens is 427 g/mol. The van der Waals surface area contributed by atoms with Crippen LogP contribution in [0.25, 0.3) is 0 Å². The van der Waals surface area contributed by atoms with Gasteiger partial charge in [-0.15, -0.1) is 24.0 Å². The summed E-state index contributed by atoms with van der Waals surface area (Å²) in [6.45, 7) is 3.00. The fourth-order valence-electron chi connectivity index (χ4n) is 3.31. The van der Waals surface area contributed by atoms with Crippen LogP contribution in [0, 0.1) is 11.3 Å². The minimum absolute atomic E-state index is 0. The van der Waals surface area contributed by atoms with Crippen molar-refractivity contribution in [1.29, 1.82) is 0 Å². The Balaban J connectivity index is 0.00000288. The Bertz CT molecular complexity index is 526. The molecule has 2 N–H and O–H groups in total. The maximum atomic E-state index is 12.8. The van der Waals surface area contributed by atoms with Crippen molar-refractivity contribution < 1.29 is 8.78 Å². The number of aromatic nitrogens is 2. The van der Waals surface area contributed by atoms with Gasteiger partial charge >= 0.3 is 6.55 Å². The molecule has 1 aromatic heterocycles. The molecule has 1 saturated carbocycles. The number of aliphatic imine (C=N–C) groups is 1. The van der Waals surface area contributed by atoms with Gasteiger partial charge in [0.15, 0.2) is 5.96 Å². The van der Waals surface area contributed by atoms with Crippen LogP contribution < -0.4 is 10.6 Å². The minimum Gasteiger partial charge on any atom is -0.356 e. The molecule has 0 aromatic carbocycles. The average Bonchev–Trinajstić information content (AvgIpc) is 2.92. The van der Waals surface area contributed by atoms with Gasteiger partial charge in [-0.2, -0.15) is 8.78 Å². The highest BCUT2D eigenvalue weighted by atomic mass is 127. The van der Waals surface area contributed by atoms with Gasteiger partial charge in [-0.3, -0.25) is 9.56 Å². The highest BCUT2D eigenvalue weighted by molar-refractivity contribution is 14.0. The van der Waals surface area contributed by atoms with E-state index in [1.54, 1.807) is 7.05 Å². The van der Waals surface area contributed by atoms with E-state index in [1.807, 2.05) is 0 Å². The van der Waals surface area contributed by atoms with Crippen molar-refractivity contribution in [2.24, 2.45) is 16.3 Å². The highest BCUT2D eigenvalue weighted by Gasteiger charge is 2.37. The second-order valence-corrected chi connectivity index (χ2v) is 6.76. The second kappa shape index (κ2) is 9.53. The van der Waals surface area contributed by atoms with E-state index < -0.39 is 6.55 Å². The first-order valence-electron chi connectivity index (χ1n) is 8.20. The average molecular weight is 455 g/mol. The first-order chi connectivity index (χ1) is 11.0. The number of nitrogens with one attached hydrogen (secondary N) is 2. The normalized spacial score (nSPS) is 16.7. The summed E-state index contributed by atoms with van der Waals surface area (Å²) < 4.78 is 26.4. The Hall–Kier alpha value is -0.930. The lowest BCUT2D eigenvalue weighted by Gasteiger charge is -2.43. The van der Waals surface area contributed by atoms with Crippen LogP contribution in [0.4, 0.5) is 8.78 Å². The summed E-state index contributed by atoms with van der Waals surface area (Å²) >= 11 is 0. The summed E-state index contributed by atoms with van der Waals surface area (Å²) in [5.41, 5.74) is 0.354. The van der Waals surface area contributed by atoms with E-state index in [9.17, 15) is 8.78 Å². The third kappa shape index (κ3) is 5.56. The Labute approximate surface area is 159 Å². The highest BCUT2D eigenvalue weighted by Crippen LogP contribution is 2.45. The largest absolute Gasteiger partial charge is 0.356 e. The molecule has 0 radical (unpaired) electrons. The lowest BCUT2D eigenvalue weighted by molar-refractivity contribution is 0.0668. The zero-order chi connectivity index (χ0) is 16.9. The summed E-state index contributed by atoms with van der Waals surface area (Å²) in [6.07, 6.45) is 7.63. The van der Waals surface area contributed by atoms with Crippen molar-refractivity contribution in [3.8, 4) is 0 Å². The number of guanidine groups is 1. The number of halogens is 3. The summed E-state index contributed by atoms with van der Waals surface area (Å²) in [5.74, 6) is 1.60. The first-order valence-corrected chi connectivity index (χ1v) is 8.20. The van der Waals surface area contributed by atoms with Gasteiger partial charge in [-0.25, -0.2) is 4.98 Å². The molecule has 0 saturated heterocycles. The molecule has 0 amide bonds. The van der Waals surface area contributed by atoms with Crippen molar-refractivity contribution in [2.75, 3.05) is 13.6 Å². The van der Waals surface area contributed by atoms with Crippen molar-refractivity contribution in [1.82, 2.24) is 20.2 Å². The van der Waals surface area contributed by atoms with E-state index in [0.717, 1.165) is 11.1 Å². The van der Waals surface area contributed by atoms with Crippen molar-refractivity contribution in [2.45, 2.75) is 52.6 Å². The monoisotopic (exact) mass is 455 g/mol. The van der Waals surface area contributed by atoms with Gasteiger partial charge in [0.25, 0.3) is 0 Å². The van der Waals surface area contributed by atoms with Crippen LogP contribution in [-0.2, 0) is 6.54 Å². The van der Waals surface area contributed by atoms with Crippen LogP contribution in [0.3, 0.4) is 0 Å². The smallest absolute Gasteiger partial charge is 0.319 e. The first kappa shape index (κ1) is 21.1. The molecule has 24 heavy (non-hydrogen) atoms. The van der Waals surface area contributed by atoms with Gasteiger partial charge < -0.3 is 10.6 Å². The fraction of sp³-hybridized carbons (Fsp3) is 0.750. The standard InChI is InChI=1S/C16H27F2N5.HI/c1-12(2)9-16(5-4-6-16)11-22-15(19-3)21-10-13-20-7-8-23(13)14(17)18;/h7-8,12,14H,4-6,9-11H2,1-3H3,(H2,19,21,22);1H. The maximum absolute atomic E-state index is 12.8. The summed E-state index contributed by atoms with van der Waals surface area (Å²) in [5, 5.41) is 6.41. The molecule has 0 bridgehead atoms. The molecule has 1 fully saturated rings. The molecule has 0 atom stereocenters. The van der Waals surface area contributed by atoms with Gasteiger partial charge in [0.1, 0.15) is 5.82 Å². The topological polar surface area (TPSA) is 54.2 Å². The Morgan fingerprint density at radius 2 is 2.08 bits per heavy atom. The number of rotatable bonds is 7. The third-order valence-electron chi connectivity index (χ3n) is 4.48. The molecule has 1 heterocycles. The quantitative estimate of drug-likeness (QED) is 0.374. The van der Waals surface area contributed by atoms with E-state index in [2.05, 4.69) is 34.5 Å². The minimum atomic E-state index is -2.58. The Morgan fingerprint density at radius 1 is 1.38 bits per heavy atom. The second-order valence-electron chi connectivity index (χ2n) is 6.76. The van der Waals surface area contributed by atoms with Crippen molar-refractivity contribution in [3.05, 3.63) is 18.2 Å². The Kier molecular flexibility index (Phi) is 8.38. The molecule has 8 heteroatoms. The third-order valence-corrected chi connectivity index (χ3v) is 4.48. The summed E-state index contributed by atoms with van der Waals surface area (Å²) in [4.78, 5) is 8.13. The van der Waals surface area contributed by atoms with Gasteiger partial charge in [0.2, 0.25) is 0 Å². The van der Waals surface area contributed by atoms with Gasteiger partial charge in [-0.1, -0.05) is 20.3 Å². The van der Waals surface area contributed by atoms with E-state index in [0.29, 0.717) is 23.1 Å². The molecule has 0 unspecified atom stereocenters. The van der Waals surface area contributed by atoms with Crippen LogP contribution in [0.1, 0.15) is 51.9 Å². The predicted molar refractivity (Wildman–Crippen MR) is 103 cm³/mol. The SMILES string of the molecule is CN=C(NCc1nccn1C(F)F)NCC1(CC(C)C)CCC1.I. The van der Waals surface area contributed by atoms with Crippen LogP contribution >= 0.6 is 24.0 Å². The van der Waals surface area contributed by atoms with Crippen LogP contribution in [0.5, 0.6) is 0 Å². The van der Waals surface area contributed by atoms with Gasteiger partial charge in [-0.05, 0) is 30.6 Å². The van der Waals surface area contributed by atoms with Crippen molar-refractivity contribution >= 4 is 29.9 Å². The molecule has 0 spiro atoms. The van der Waals surface area contributed by atoms with E-state index in [4.69, 9.17) is 0 Å². The molecule has 2 rings (SSSR count). The summed E-state index contributed by atoms with van der Waals surface area (Å²) in [6, 6.07) is 0. The number of nitrogens with zero attached hydrogens (tertiary/aromatic N) is 3. The molecule has 5 nitrogen and oxygen atoms in total. The van der Waals surface area contributed by atoms with E-state index in [-0.39, 0.29) is 30.5 Å². The maximum Gasteiger partial charge on any atom is 0.319 e. The number of hydrogen-bond donors (Lipinski definition) is 2. The Morgan fingerprint density at radius 3 is 2.58 bits per heavy atom. The molecule has 1 aliphatic rings. The van der Waals surface area contributed by atoms with E-state index >= 15 is 0 Å². The molecule has 0 aliphatic heterocycles. The molecular formula is C16H28F2IN5. The number of hydrogen-bond acceptors (Lipinski definition) is 2. The van der Waals surface area contributed by atoms with Crippen LogP contribution in [-0.4, -0.2) is 29.1 Å². The zero-order valence-corrected chi connectivity index (χ0v) is 16.9. The lowest BCUT2D eigenvalue weighted by atomic mass is 9.64. The van der Waals surface area contributed by atoms with Crippen molar-refractivity contribution in [3.63, 3.8) is 0 Å². The lowest BCUT2D eigenvalue weighted by Crippen LogP contribution is -2.47. The zero-order valence-electron chi connectivity index (χ0n) is 14.6. The summed E-state index contributed by atoms with van der Waals surface area (Å²) in [7, 11) is 1.69.